The van der Waals surface area contributed by atoms with Crippen LogP contribution in [0.2, 0.25) is 0 Å². The van der Waals surface area contributed by atoms with E-state index in [1.807, 2.05) is 0 Å². The molecule has 0 spiro atoms. The fraction of sp³-hybridized carbons (Fsp3) is 0.750. The molecule has 0 aromatic carbocycles. The zero-order valence-corrected chi connectivity index (χ0v) is 7.43. The van der Waals surface area contributed by atoms with Gasteiger partial charge in [0.05, 0.1) is 0 Å². The highest BCUT2D eigenvalue weighted by Crippen LogP contribution is 1.88. The molecule has 0 aliphatic rings. The standard InChI is InChI=1S/C8H16N2O2/c1-2-3-6-10-8(12)5-4-7(9)11/h2-6H2,1H3,(H2,9,11)(H,10,12). The molecule has 0 aliphatic heterocycles. The number of amides is 2. The summed E-state index contributed by atoms with van der Waals surface area (Å²) in [4.78, 5) is 21.2. The van der Waals surface area contributed by atoms with Crippen LogP contribution in [0.4, 0.5) is 0 Å². The van der Waals surface area contributed by atoms with Gasteiger partial charge in [-0.1, -0.05) is 13.3 Å². The molecular weight excluding hydrogens is 156 g/mol. The van der Waals surface area contributed by atoms with Crippen LogP contribution < -0.4 is 11.1 Å². The number of rotatable bonds is 6. The number of hydrogen-bond donors (Lipinski definition) is 2. The van der Waals surface area contributed by atoms with Gasteiger partial charge in [-0.15, -0.1) is 0 Å². The molecule has 4 heteroatoms. The normalized spacial score (nSPS) is 9.42. The lowest BCUT2D eigenvalue weighted by molar-refractivity contribution is -0.125. The number of primary amides is 1. The maximum Gasteiger partial charge on any atom is 0.220 e. The largest absolute Gasteiger partial charge is 0.370 e. The summed E-state index contributed by atoms with van der Waals surface area (Å²) >= 11 is 0. The second kappa shape index (κ2) is 6.64. The van der Waals surface area contributed by atoms with Gasteiger partial charge in [-0.05, 0) is 6.42 Å². The number of nitrogens with two attached hydrogens (primary N) is 1. The lowest BCUT2D eigenvalue weighted by Gasteiger charge is -2.01. The summed E-state index contributed by atoms with van der Waals surface area (Å²) in [5.74, 6) is -0.525. The van der Waals surface area contributed by atoms with Gasteiger partial charge in [0.15, 0.2) is 0 Å². The van der Waals surface area contributed by atoms with Crippen molar-refractivity contribution in [3.63, 3.8) is 0 Å². The van der Waals surface area contributed by atoms with Gasteiger partial charge in [0.25, 0.3) is 0 Å². The number of carbonyl (C=O) groups excluding carboxylic acids is 2. The summed E-state index contributed by atoms with van der Waals surface area (Å²) < 4.78 is 0. The van der Waals surface area contributed by atoms with Gasteiger partial charge in [-0.2, -0.15) is 0 Å². The summed E-state index contributed by atoms with van der Waals surface area (Å²) in [5, 5.41) is 2.69. The quantitative estimate of drug-likeness (QED) is 0.560. The molecule has 0 atom stereocenters. The third-order valence-electron chi connectivity index (χ3n) is 1.45. The molecule has 70 valence electrons. The topological polar surface area (TPSA) is 72.2 Å². The summed E-state index contributed by atoms with van der Waals surface area (Å²) in [6.45, 7) is 2.74. The van der Waals surface area contributed by atoms with E-state index in [2.05, 4.69) is 12.2 Å². The Morgan fingerprint density at radius 3 is 2.50 bits per heavy atom. The third kappa shape index (κ3) is 7.05. The lowest BCUT2D eigenvalue weighted by atomic mass is 10.3. The van der Waals surface area contributed by atoms with E-state index in [9.17, 15) is 9.59 Å². The SMILES string of the molecule is CCCCNC(=O)CCC(N)=O. The van der Waals surface area contributed by atoms with E-state index in [1.54, 1.807) is 0 Å². The Balaban J connectivity index is 3.28. The number of hydrogen-bond acceptors (Lipinski definition) is 2. The molecule has 0 heterocycles. The fourth-order valence-electron chi connectivity index (χ4n) is 0.730. The Kier molecular flexibility index (Phi) is 6.05. The highest BCUT2D eigenvalue weighted by Gasteiger charge is 2.01. The molecule has 2 amide bonds. The minimum absolute atomic E-state index is 0.0951. The summed E-state index contributed by atoms with van der Waals surface area (Å²) in [7, 11) is 0. The smallest absolute Gasteiger partial charge is 0.220 e. The van der Waals surface area contributed by atoms with Crippen molar-refractivity contribution < 1.29 is 9.59 Å². The molecule has 0 saturated carbocycles. The van der Waals surface area contributed by atoms with Crippen molar-refractivity contribution in [2.75, 3.05) is 6.54 Å². The molecule has 0 aromatic rings. The van der Waals surface area contributed by atoms with Gasteiger partial charge >= 0.3 is 0 Å². The van der Waals surface area contributed by atoms with Crippen LogP contribution in [0.5, 0.6) is 0 Å². The summed E-state index contributed by atoms with van der Waals surface area (Å²) in [6, 6.07) is 0. The van der Waals surface area contributed by atoms with Crippen molar-refractivity contribution in [2.24, 2.45) is 5.73 Å². The van der Waals surface area contributed by atoms with Gasteiger partial charge in [0.1, 0.15) is 0 Å². The molecule has 0 radical (unpaired) electrons. The highest BCUT2D eigenvalue weighted by atomic mass is 16.2. The van der Waals surface area contributed by atoms with E-state index >= 15 is 0 Å². The molecule has 12 heavy (non-hydrogen) atoms. The second-order valence-electron chi connectivity index (χ2n) is 2.67. The van der Waals surface area contributed by atoms with Crippen LogP contribution in [-0.2, 0) is 9.59 Å². The minimum Gasteiger partial charge on any atom is -0.370 e. The Bertz CT molecular complexity index is 157. The van der Waals surface area contributed by atoms with Gasteiger partial charge < -0.3 is 11.1 Å². The van der Waals surface area contributed by atoms with Crippen LogP contribution in [0.1, 0.15) is 32.6 Å². The van der Waals surface area contributed by atoms with Crippen molar-refractivity contribution in [1.82, 2.24) is 5.32 Å². The van der Waals surface area contributed by atoms with Crippen LogP contribution in [0.15, 0.2) is 0 Å². The first-order chi connectivity index (χ1) is 5.66. The van der Waals surface area contributed by atoms with Gasteiger partial charge in [0, 0.05) is 19.4 Å². The van der Waals surface area contributed by atoms with Crippen molar-refractivity contribution in [3.8, 4) is 0 Å². The molecule has 0 rings (SSSR count). The maximum absolute atomic E-state index is 10.9. The molecule has 0 fully saturated rings. The van der Waals surface area contributed by atoms with E-state index < -0.39 is 5.91 Å². The monoisotopic (exact) mass is 172 g/mol. The summed E-state index contributed by atoms with van der Waals surface area (Å²) in [5.41, 5.74) is 4.88. The predicted octanol–water partition coefficient (Wildman–Crippen LogP) is 0.168. The summed E-state index contributed by atoms with van der Waals surface area (Å²) in [6.07, 6.45) is 2.37. The molecule has 0 unspecified atom stereocenters. The first-order valence-corrected chi connectivity index (χ1v) is 4.21. The van der Waals surface area contributed by atoms with Crippen LogP contribution in [0, 0.1) is 0 Å². The maximum atomic E-state index is 10.9. The van der Waals surface area contributed by atoms with Crippen molar-refractivity contribution >= 4 is 11.8 Å². The first kappa shape index (κ1) is 10.9. The van der Waals surface area contributed by atoms with Gasteiger partial charge in [0.2, 0.25) is 11.8 Å². The van der Waals surface area contributed by atoms with Crippen LogP contribution >= 0.6 is 0 Å². The van der Waals surface area contributed by atoms with E-state index in [4.69, 9.17) is 5.73 Å². The average molecular weight is 172 g/mol. The Morgan fingerprint density at radius 1 is 1.33 bits per heavy atom. The fourth-order valence-corrected chi connectivity index (χ4v) is 0.730. The zero-order chi connectivity index (χ0) is 9.40. The van der Waals surface area contributed by atoms with Crippen molar-refractivity contribution in [3.05, 3.63) is 0 Å². The zero-order valence-electron chi connectivity index (χ0n) is 7.43. The van der Waals surface area contributed by atoms with E-state index in [-0.39, 0.29) is 18.7 Å². The molecule has 0 aromatic heterocycles. The number of nitrogens with one attached hydrogen (secondary N) is 1. The Labute approximate surface area is 72.5 Å². The molecule has 0 saturated heterocycles. The van der Waals surface area contributed by atoms with Crippen molar-refractivity contribution in [1.29, 1.82) is 0 Å². The predicted molar refractivity (Wildman–Crippen MR) is 46.3 cm³/mol. The molecule has 0 aliphatic carbocycles. The van der Waals surface area contributed by atoms with Gasteiger partial charge in [-0.25, -0.2) is 0 Å². The third-order valence-corrected chi connectivity index (χ3v) is 1.45. The molecule has 4 nitrogen and oxygen atoms in total. The van der Waals surface area contributed by atoms with Crippen LogP contribution in [0.25, 0.3) is 0 Å². The average Bonchev–Trinajstić information content (AvgIpc) is 2.01. The van der Waals surface area contributed by atoms with E-state index in [0.717, 1.165) is 12.8 Å². The van der Waals surface area contributed by atoms with Gasteiger partial charge in [-0.3, -0.25) is 9.59 Å². The van der Waals surface area contributed by atoms with E-state index in [0.29, 0.717) is 6.54 Å². The Hall–Kier alpha value is -1.06. The highest BCUT2D eigenvalue weighted by molar-refractivity contribution is 5.82. The minimum atomic E-state index is -0.430. The second-order valence-corrected chi connectivity index (χ2v) is 2.67. The molecule has 0 bridgehead atoms. The molecule has 3 N–H and O–H groups in total. The molecular formula is C8H16N2O2. The number of unbranched alkanes of at least 4 members (excludes halogenated alkanes) is 1. The Morgan fingerprint density at radius 2 is 2.00 bits per heavy atom. The first-order valence-electron chi connectivity index (χ1n) is 4.21. The van der Waals surface area contributed by atoms with Crippen molar-refractivity contribution in [2.45, 2.75) is 32.6 Å². The lowest BCUT2D eigenvalue weighted by Crippen LogP contribution is -2.25. The number of carbonyl (C=O) groups is 2. The van der Waals surface area contributed by atoms with E-state index in [1.165, 1.54) is 0 Å². The van der Waals surface area contributed by atoms with Crippen LogP contribution in [-0.4, -0.2) is 18.4 Å². The van der Waals surface area contributed by atoms with Crippen LogP contribution in [0.3, 0.4) is 0 Å².